The maximum absolute atomic E-state index is 12.3. The molecule has 2 aromatic carbocycles. The summed E-state index contributed by atoms with van der Waals surface area (Å²) in [6.45, 7) is 0.0218. The maximum atomic E-state index is 12.3. The van der Waals surface area contributed by atoms with Gasteiger partial charge in [-0.3, -0.25) is 5.32 Å². The number of hydrogen-bond donors (Lipinski definition) is 1. The molecule has 0 aliphatic heterocycles. The monoisotopic (exact) mass is 527 g/mol. The third kappa shape index (κ3) is 5.82. The van der Waals surface area contributed by atoms with Crippen LogP contribution in [0.25, 0.3) is 0 Å². The fourth-order valence-corrected chi connectivity index (χ4v) is 2.91. The minimum atomic E-state index is -5.94. The van der Waals surface area contributed by atoms with Crippen molar-refractivity contribution in [3.05, 3.63) is 63.2 Å². The molecule has 0 aliphatic carbocycles. The van der Waals surface area contributed by atoms with Crippen LogP contribution >= 0.6 is 22.6 Å². The van der Waals surface area contributed by atoms with Gasteiger partial charge < -0.3 is 9.84 Å². The third-order valence-electron chi connectivity index (χ3n) is 3.16. The predicted octanol–water partition coefficient (Wildman–Crippen LogP) is 3.00. The highest BCUT2D eigenvalue weighted by atomic mass is 127. The van der Waals surface area contributed by atoms with Crippen LogP contribution < -0.4 is 10.4 Å². The lowest BCUT2D eigenvalue weighted by Gasteiger charge is -2.14. The van der Waals surface area contributed by atoms with Crippen LogP contribution in [-0.2, 0) is 21.4 Å². The molecule has 0 saturated carbocycles. The van der Waals surface area contributed by atoms with Crippen molar-refractivity contribution in [2.45, 2.75) is 12.1 Å². The van der Waals surface area contributed by atoms with Crippen molar-refractivity contribution >= 4 is 50.3 Å². The Morgan fingerprint density at radius 3 is 2.39 bits per heavy atom. The first-order valence-electron chi connectivity index (χ1n) is 7.35. The Bertz CT molecular complexity index is 995. The lowest BCUT2D eigenvalue weighted by molar-refractivity contribution is -0.212. The number of sulfonamides is 1. The predicted molar refractivity (Wildman–Crippen MR) is 101 cm³/mol. The first kappa shape index (κ1) is 21.9. The Morgan fingerprint density at radius 1 is 1.18 bits per heavy atom. The number of amides is 1. The first-order chi connectivity index (χ1) is 13.0. The number of nitrogens with one attached hydrogen (secondary N) is 1. The van der Waals surface area contributed by atoms with Crippen LogP contribution in [0.5, 0.6) is 0 Å². The van der Waals surface area contributed by atoms with Crippen molar-refractivity contribution in [1.29, 1.82) is 0 Å². The minimum absolute atomic E-state index is 0.0218. The molecule has 0 aromatic heterocycles. The van der Waals surface area contributed by atoms with Crippen molar-refractivity contribution in [2.24, 2.45) is 4.40 Å². The number of anilines is 1. The van der Waals surface area contributed by atoms with Crippen LogP contribution in [0.3, 0.4) is 0 Å². The summed E-state index contributed by atoms with van der Waals surface area (Å²) in [6.07, 6.45) is -0.787. The van der Waals surface area contributed by atoms with Crippen molar-refractivity contribution in [2.75, 3.05) is 5.32 Å². The number of halogens is 4. The van der Waals surface area contributed by atoms with E-state index in [1.54, 1.807) is 52.9 Å². The number of benzene rings is 2. The van der Waals surface area contributed by atoms with Crippen molar-refractivity contribution in [3.63, 3.8) is 0 Å². The molecule has 7 nitrogen and oxygen atoms in total. The molecule has 12 heteroatoms. The van der Waals surface area contributed by atoms with E-state index in [1.807, 2.05) is 0 Å². The Balaban J connectivity index is 2.08. The zero-order valence-corrected chi connectivity index (χ0v) is 16.7. The number of hydrogen-bond acceptors (Lipinski definition) is 5. The molecule has 28 heavy (non-hydrogen) atoms. The highest BCUT2D eigenvalue weighted by molar-refractivity contribution is 14.1. The van der Waals surface area contributed by atoms with E-state index in [0.717, 1.165) is 17.7 Å². The van der Waals surface area contributed by atoms with Gasteiger partial charge in [0.2, 0.25) is 0 Å². The van der Waals surface area contributed by atoms with E-state index in [0.29, 0.717) is 0 Å². The quantitative estimate of drug-likeness (QED) is 0.366. The number of carbonyl (C=O) groups excluding carboxylic acids is 1. The van der Waals surface area contributed by atoms with Crippen LogP contribution in [0.15, 0.2) is 52.9 Å². The fourth-order valence-electron chi connectivity index (χ4n) is 1.83. The normalized spacial score (nSPS) is 12.5. The molecule has 150 valence electrons. The second-order valence-corrected chi connectivity index (χ2v) is 7.96. The van der Waals surface area contributed by atoms with E-state index < -0.39 is 27.5 Å². The van der Waals surface area contributed by atoms with Crippen LogP contribution in [0.4, 0.5) is 23.7 Å². The molecule has 0 aliphatic rings. The van der Waals surface area contributed by atoms with Gasteiger partial charge in [-0.2, -0.15) is 26.0 Å². The van der Waals surface area contributed by atoms with Gasteiger partial charge in [-0.1, -0.05) is 36.4 Å². The van der Waals surface area contributed by atoms with Gasteiger partial charge in [-0.25, -0.2) is 4.79 Å². The zero-order chi connectivity index (χ0) is 20.9. The molecule has 0 fully saturated rings. The lowest BCUT2D eigenvalue weighted by Crippen LogP contribution is -2.27. The van der Waals surface area contributed by atoms with Crippen molar-refractivity contribution in [3.8, 4) is 0 Å². The standard InChI is InChI=1S/C16H12F3IN2O5S/c17-16(18,19)28(25,26)22-14(23)11-6-7-13(12(20)8-11)21-15(24)27-9-10-4-2-1-3-5-10/h1-8H,9H2,(H,21,24)(H,22,23)/p-1. The highest BCUT2D eigenvalue weighted by Crippen LogP contribution is 2.25. The molecule has 0 atom stereocenters. The molecular weight excluding hydrogens is 516 g/mol. The Morgan fingerprint density at radius 2 is 1.82 bits per heavy atom. The number of rotatable bonds is 5. The molecule has 0 saturated heterocycles. The maximum Gasteiger partial charge on any atom is 0.518 e. The number of ether oxygens (including phenoxy) is 1. The molecule has 0 radical (unpaired) electrons. The Labute approximate surface area is 171 Å². The minimum Gasteiger partial charge on any atom is -0.858 e. The van der Waals surface area contributed by atoms with Gasteiger partial charge in [0.15, 0.2) is 0 Å². The fraction of sp³-hybridized carbons (Fsp3) is 0.125. The molecule has 0 unspecified atom stereocenters. The molecule has 0 heterocycles. The average molecular weight is 527 g/mol. The van der Waals surface area contributed by atoms with Gasteiger partial charge >= 0.3 is 21.6 Å². The van der Waals surface area contributed by atoms with Crippen LogP contribution in [0.2, 0.25) is 0 Å². The topological polar surface area (TPSA) is 108 Å². The first-order valence-corrected chi connectivity index (χ1v) is 9.87. The molecular formula is C16H11F3IN2O5S-. The highest BCUT2D eigenvalue weighted by Gasteiger charge is 2.45. The van der Waals surface area contributed by atoms with E-state index >= 15 is 0 Å². The van der Waals surface area contributed by atoms with Crippen LogP contribution in [0.1, 0.15) is 11.1 Å². The van der Waals surface area contributed by atoms with E-state index in [2.05, 4.69) is 9.71 Å². The molecule has 1 N–H and O–H groups in total. The van der Waals surface area contributed by atoms with Gasteiger partial charge in [0.05, 0.1) is 5.69 Å². The van der Waals surface area contributed by atoms with Crippen LogP contribution in [0, 0.1) is 3.57 Å². The molecule has 2 rings (SSSR count). The summed E-state index contributed by atoms with van der Waals surface area (Å²) in [6, 6.07) is 12.2. The number of nitrogens with zero attached hydrogens (tertiary/aromatic N) is 1. The van der Waals surface area contributed by atoms with E-state index in [1.165, 1.54) is 6.07 Å². The van der Waals surface area contributed by atoms with E-state index in [9.17, 15) is 31.5 Å². The number of alkyl halides is 3. The van der Waals surface area contributed by atoms with Gasteiger partial charge in [0.25, 0.3) is 0 Å². The van der Waals surface area contributed by atoms with Gasteiger partial charge in [0, 0.05) is 9.47 Å². The Hall–Kier alpha value is -2.35. The van der Waals surface area contributed by atoms with Gasteiger partial charge in [-0.05, 0) is 45.9 Å². The molecule has 1 amide bonds. The smallest absolute Gasteiger partial charge is 0.518 e. The summed E-state index contributed by atoms with van der Waals surface area (Å²) in [5, 5.41) is 14.1. The largest absolute Gasteiger partial charge is 0.858 e. The van der Waals surface area contributed by atoms with E-state index in [4.69, 9.17) is 4.74 Å². The summed E-state index contributed by atoms with van der Waals surface area (Å²) in [7, 11) is -5.94. The summed E-state index contributed by atoms with van der Waals surface area (Å²) in [4.78, 5) is 11.8. The van der Waals surface area contributed by atoms with Crippen molar-refractivity contribution in [1.82, 2.24) is 0 Å². The van der Waals surface area contributed by atoms with Gasteiger partial charge in [-0.15, -0.1) is 0 Å². The summed E-state index contributed by atoms with van der Waals surface area (Å²) in [5.41, 5.74) is -5.07. The Kier molecular flexibility index (Phi) is 6.87. The lowest BCUT2D eigenvalue weighted by atomic mass is 10.2. The third-order valence-corrected chi connectivity index (χ3v) is 5.04. The second kappa shape index (κ2) is 8.77. The van der Waals surface area contributed by atoms with Gasteiger partial charge in [0.1, 0.15) is 6.61 Å². The van der Waals surface area contributed by atoms with Crippen LogP contribution in [-0.4, -0.2) is 25.9 Å². The average Bonchev–Trinajstić information content (AvgIpc) is 2.61. The zero-order valence-electron chi connectivity index (χ0n) is 13.7. The summed E-state index contributed by atoms with van der Waals surface area (Å²) >= 11 is 1.71. The second-order valence-electron chi connectivity index (χ2n) is 5.20. The molecule has 0 spiro atoms. The molecule has 2 aromatic rings. The van der Waals surface area contributed by atoms with E-state index in [-0.39, 0.29) is 21.4 Å². The summed E-state index contributed by atoms with van der Waals surface area (Å²) < 4.78 is 66.3. The SMILES string of the molecule is O=C(Nc1ccc(/C([O-])=N/S(=O)(=O)C(F)(F)F)cc1I)OCc1ccccc1. The van der Waals surface area contributed by atoms with Crippen molar-refractivity contribution < 1.29 is 36.2 Å². The molecule has 0 bridgehead atoms. The summed E-state index contributed by atoms with van der Waals surface area (Å²) in [5.74, 6) is -1.58. The number of carbonyl (C=O) groups is 1.